The molecule has 0 unspecified atom stereocenters. The fourth-order valence-corrected chi connectivity index (χ4v) is 3.65. The molecule has 3 aromatic rings. The topological polar surface area (TPSA) is 52.4 Å². The van der Waals surface area contributed by atoms with Gasteiger partial charge in [0.15, 0.2) is 11.5 Å². The van der Waals surface area contributed by atoms with Crippen LogP contribution in [0.3, 0.4) is 0 Å². The molecule has 7 heteroatoms. The Labute approximate surface area is 150 Å². The van der Waals surface area contributed by atoms with Crippen molar-refractivity contribution in [3.8, 4) is 22.1 Å². The number of benzene rings is 1. The Morgan fingerprint density at radius 1 is 1.24 bits per heavy atom. The highest BCUT2D eigenvalue weighted by molar-refractivity contribution is 7.13. The lowest BCUT2D eigenvalue weighted by Gasteiger charge is -2.13. The lowest BCUT2D eigenvalue weighted by Crippen LogP contribution is -2.17. The molecule has 2 aromatic heterocycles. The molecule has 0 aliphatic carbocycles. The van der Waals surface area contributed by atoms with E-state index in [1.165, 1.54) is 5.56 Å². The lowest BCUT2D eigenvalue weighted by atomic mass is 10.2. The Morgan fingerprint density at radius 2 is 2.12 bits per heavy atom. The largest absolute Gasteiger partial charge is 0.454 e. The van der Waals surface area contributed by atoms with Crippen molar-refractivity contribution in [3.63, 3.8) is 0 Å². The smallest absolute Gasteiger partial charge is 0.231 e. The summed E-state index contributed by atoms with van der Waals surface area (Å²) in [5.41, 5.74) is 3.35. The zero-order valence-electron chi connectivity index (χ0n) is 14.3. The van der Waals surface area contributed by atoms with E-state index >= 15 is 0 Å². The van der Waals surface area contributed by atoms with Crippen LogP contribution >= 0.6 is 11.3 Å². The Kier molecular flexibility index (Phi) is 4.42. The maximum Gasteiger partial charge on any atom is 0.231 e. The van der Waals surface area contributed by atoms with Gasteiger partial charge >= 0.3 is 0 Å². The molecule has 6 nitrogen and oxygen atoms in total. The van der Waals surface area contributed by atoms with Crippen LogP contribution in [-0.2, 0) is 19.6 Å². The molecule has 0 fully saturated rings. The van der Waals surface area contributed by atoms with Crippen molar-refractivity contribution in [1.82, 2.24) is 19.7 Å². The molecule has 130 valence electrons. The standard InChI is InChI=1S/C18H20N4O2S/c1-3-22-9-13(7-19-22)8-21(2)10-15-11-25-18(20-15)14-4-5-16-17(6-14)24-12-23-16/h4-7,9,11H,3,8,10,12H2,1-2H3. The van der Waals surface area contributed by atoms with Crippen LogP contribution in [0.2, 0.25) is 0 Å². The van der Waals surface area contributed by atoms with Gasteiger partial charge in [-0.1, -0.05) is 0 Å². The van der Waals surface area contributed by atoms with E-state index in [-0.39, 0.29) is 0 Å². The van der Waals surface area contributed by atoms with Crippen molar-refractivity contribution < 1.29 is 9.47 Å². The van der Waals surface area contributed by atoms with Crippen LogP contribution in [0.4, 0.5) is 0 Å². The van der Waals surface area contributed by atoms with Crippen molar-refractivity contribution in [2.75, 3.05) is 13.8 Å². The summed E-state index contributed by atoms with van der Waals surface area (Å²) in [6.45, 7) is 4.94. The van der Waals surface area contributed by atoms with E-state index in [1.807, 2.05) is 29.1 Å². The summed E-state index contributed by atoms with van der Waals surface area (Å²) in [4.78, 5) is 7.01. The molecule has 0 radical (unpaired) electrons. The molecular formula is C18H20N4O2S. The van der Waals surface area contributed by atoms with Crippen molar-refractivity contribution in [1.29, 1.82) is 0 Å². The molecular weight excluding hydrogens is 336 g/mol. The molecule has 0 spiro atoms. The number of aromatic nitrogens is 3. The van der Waals surface area contributed by atoms with Crippen LogP contribution in [0.15, 0.2) is 36.0 Å². The highest BCUT2D eigenvalue weighted by Crippen LogP contribution is 2.36. The summed E-state index contributed by atoms with van der Waals surface area (Å²) in [6, 6.07) is 5.96. The van der Waals surface area contributed by atoms with Crippen LogP contribution in [0.1, 0.15) is 18.2 Å². The fraction of sp³-hybridized carbons (Fsp3) is 0.333. The van der Waals surface area contributed by atoms with E-state index in [9.17, 15) is 0 Å². The molecule has 0 amide bonds. The number of aryl methyl sites for hydroxylation is 1. The maximum atomic E-state index is 5.45. The monoisotopic (exact) mass is 356 g/mol. The van der Waals surface area contributed by atoms with Gasteiger partial charge < -0.3 is 9.47 Å². The Morgan fingerprint density at radius 3 is 2.96 bits per heavy atom. The van der Waals surface area contributed by atoms with Crippen LogP contribution in [0, 0.1) is 0 Å². The molecule has 0 saturated heterocycles. The number of hydrogen-bond donors (Lipinski definition) is 0. The zero-order chi connectivity index (χ0) is 17.2. The van der Waals surface area contributed by atoms with Crippen LogP contribution in [0.25, 0.3) is 10.6 Å². The van der Waals surface area contributed by atoms with Crippen molar-refractivity contribution in [2.45, 2.75) is 26.6 Å². The molecule has 0 bridgehead atoms. The van der Waals surface area contributed by atoms with Gasteiger partial charge in [-0.25, -0.2) is 4.98 Å². The first-order valence-electron chi connectivity index (χ1n) is 8.25. The zero-order valence-corrected chi connectivity index (χ0v) is 15.1. The average molecular weight is 356 g/mol. The Bertz CT molecular complexity index is 874. The van der Waals surface area contributed by atoms with Gasteiger partial charge in [0.2, 0.25) is 6.79 Å². The van der Waals surface area contributed by atoms with Gasteiger partial charge in [0.05, 0.1) is 11.9 Å². The van der Waals surface area contributed by atoms with E-state index < -0.39 is 0 Å². The van der Waals surface area contributed by atoms with Gasteiger partial charge in [-0.2, -0.15) is 5.10 Å². The third-order valence-corrected chi connectivity index (χ3v) is 5.01. The number of fused-ring (bicyclic) bond motifs is 1. The van der Waals surface area contributed by atoms with Crippen molar-refractivity contribution in [2.24, 2.45) is 0 Å². The summed E-state index contributed by atoms with van der Waals surface area (Å²) in [5, 5.41) is 7.44. The third kappa shape index (κ3) is 3.52. The van der Waals surface area contributed by atoms with Gasteiger partial charge in [-0.05, 0) is 32.2 Å². The first-order chi connectivity index (χ1) is 12.2. The second-order valence-electron chi connectivity index (χ2n) is 6.09. The predicted octanol–water partition coefficient (Wildman–Crippen LogP) is 3.39. The SMILES string of the molecule is CCn1cc(CN(C)Cc2csc(-c3ccc4c(c3)OCO4)n2)cn1. The number of hydrogen-bond acceptors (Lipinski definition) is 6. The normalized spacial score (nSPS) is 12.9. The van der Waals surface area contributed by atoms with Crippen LogP contribution in [-0.4, -0.2) is 33.5 Å². The van der Waals surface area contributed by atoms with Crippen molar-refractivity contribution in [3.05, 3.63) is 47.2 Å². The van der Waals surface area contributed by atoms with Gasteiger partial charge in [0.25, 0.3) is 0 Å². The van der Waals surface area contributed by atoms with Crippen LogP contribution < -0.4 is 9.47 Å². The molecule has 25 heavy (non-hydrogen) atoms. The Hall–Kier alpha value is -2.38. The van der Waals surface area contributed by atoms with E-state index in [0.717, 1.165) is 47.4 Å². The van der Waals surface area contributed by atoms with Crippen molar-refractivity contribution >= 4 is 11.3 Å². The summed E-state index contributed by atoms with van der Waals surface area (Å²) in [5.74, 6) is 1.59. The lowest BCUT2D eigenvalue weighted by molar-refractivity contribution is 0.174. The molecule has 0 N–H and O–H groups in total. The molecule has 1 aliphatic heterocycles. The minimum Gasteiger partial charge on any atom is -0.454 e. The maximum absolute atomic E-state index is 5.45. The van der Waals surface area contributed by atoms with E-state index in [2.05, 4.69) is 35.5 Å². The minimum atomic E-state index is 0.293. The first kappa shape index (κ1) is 16.1. The van der Waals surface area contributed by atoms with Gasteiger partial charge in [0, 0.05) is 42.3 Å². The third-order valence-electron chi connectivity index (χ3n) is 4.07. The number of nitrogens with zero attached hydrogens (tertiary/aromatic N) is 4. The summed E-state index contributed by atoms with van der Waals surface area (Å²) < 4.78 is 12.8. The molecule has 0 atom stereocenters. The quantitative estimate of drug-likeness (QED) is 0.678. The molecule has 1 aromatic carbocycles. The van der Waals surface area contributed by atoms with Gasteiger partial charge in [-0.3, -0.25) is 9.58 Å². The summed E-state index contributed by atoms with van der Waals surface area (Å²) >= 11 is 1.65. The molecule has 1 aliphatic rings. The number of thiazole rings is 1. The minimum absolute atomic E-state index is 0.293. The van der Waals surface area contributed by atoms with Crippen LogP contribution in [0.5, 0.6) is 11.5 Å². The Balaban J connectivity index is 1.42. The molecule has 3 heterocycles. The second-order valence-corrected chi connectivity index (χ2v) is 6.95. The number of rotatable bonds is 6. The first-order valence-corrected chi connectivity index (χ1v) is 9.13. The fourth-order valence-electron chi connectivity index (χ4n) is 2.85. The summed E-state index contributed by atoms with van der Waals surface area (Å²) in [6.07, 6.45) is 4.02. The highest BCUT2D eigenvalue weighted by Gasteiger charge is 2.15. The van der Waals surface area contributed by atoms with E-state index in [4.69, 9.17) is 14.5 Å². The second kappa shape index (κ2) is 6.85. The van der Waals surface area contributed by atoms with Gasteiger partial charge in [-0.15, -0.1) is 11.3 Å². The molecule has 4 rings (SSSR count). The van der Waals surface area contributed by atoms with E-state index in [1.54, 1.807) is 11.3 Å². The highest BCUT2D eigenvalue weighted by atomic mass is 32.1. The predicted molar refractivity (Wildman–Crippen MR) is 96.7 cm³/mol. The van der Waals surface area contributed by atoms with Gasteiger partial charge in [0.1, 0.15) is 5.01 Å². The summed E-state index contributed by atoms with van der Waals surface area (Å²) in [7, 11) is 2.10. The van der Waals surface area contributed by atoms with E-state index in [0.29, 0.717) is 6.79 Å². The number of ether oxygens (including phenoxy) is 2. The average Bonchev–Trinajstić information content (AvgIpc) is 3.34. The molecule has 0 saturated carbocycles.